The Balaban J connectivity index is 2.26. The van der Waals surface area contributed by atoms with Crippen LogP contribution in [-0.2, 0) is 0 Å². The lowest BCUT2D eigenvalue weighted by atomic mass is 10.0. The summed E-state index contributed by atoms with van der Waals surface area (Å²) in [5, 5.41) is 2.72. The third-order valence-electron chi connectivity index (χ3n) is 5.63. The van der Waals surface area contributed by atoms with Crippen LogP contribution in [0, 0.1) is 0 Å². The first kappa shape index (κ1) is 17.7. The van der Waals surface area contributed by atoms with Gasteiger partial charge < -0.3 is 4.74 Å². The quantitative estimate of drug-likeness (QED) is 0.572. The van der Waals surface area contributed by atoms with Gasteiger partial charge in [-0.2, -0.15) is 0 Å². The van der Waals surface area contributed by atoms with Crippen LogP contribution in [0.4, 0.5) is 0 Å². The van der Waals surface area contributed by atoms with E-state index in [-0.39, 0.29) is 5.04 Å². The SMILES string of the molecule is COc1ccc(-c2cc([Si](C)(C)C(C)(C)C)nc3ccccc23)cc1. The Morgan fingerprint density at radius 1 is 0.920 bits per heavy atom. The molecular formula is C22H27NOSi. The molecule has 1 heterocycles. The number of rotatable bonds is 3. The summed E-state index contributed by atoms with van der Waals surface area (Å²) in [6.45, 7) is 11.8. The van der Waals surface area contributed by atoms with E-state index in [1.165, 1.54) is 21.8 Å². The van der Waals surface area contributed by atoms with Gasteiger partial charge in [0.05, 0.1) is 12.6 Å². The molecule has 130 valence electrons. The molecule has 0 N–H and O–H groups in total. The molecule has 0 saturated heterocycles. The highest BCUT2D eigenvalue weighted by Crippen LogP contribution is 2.37. The Hall–Kier alpha value is -2.13. The van der Waals surface area contributed by atoms with Crippen molar-refractivity contribution in [1.82, 2.24) is 4.98 Å². The first-order valence-corrected chi connectivity index (χ1v) is 11.8. The van der Waals surface area contributed by atoms with Gasteiger partial charge >= 0.3 is 0 Å². The molecule has 0 aliphatic heterocycles. The summed E-state index contributed by atoms with van der Waals surface area (Å²) in [5.41, 5.74) is 3.54. The summed E-state index contributed by atoms with van der Waals surface area (Å²) in [4.78, 5) is 5.07. The number of methoxy groups -OCH3 is 1. The third kappa shape index (κ3) is 3.21. The number of ether oxygens (including phenoxy) is 1. The number of pyridine rings is 1. The van der Waals surface area contributed by atoms with Crippen molar-refractivity contribution in [3.8, 4) is 16.9 Å². The highest BCUT2D eigenvalue weighted by atomic mass is 28.3. The number of hydrogen-bond donors (Lipinski definition) is 0. The molecule has 0 amide bonds. The highest BCUT2D eigenvalue weighted by Gasteiger charge is 2.38. The van der Waals surface area contributed by atoms with Gasteiger partial charge in [0.2, 0.25) is 0 Å². The van der Waals surface area contributed by atoms with Crippen LogP contribution in [0.25, 0.3) is 22.0 Å². The van der Waals surface area contributed by atoms with E-state index in [0.717, 1.165) is 11.3 Å². The summed E-state index contributed by atoms with van der Waals surface area (Å²) in [6, 6.07) is 19.1. The number of hydrogen-bond acceptors (Lipinski definition) is 2. The van der Waals surface area contributed by atoms with Gasteiger partial charge in [-0.25, -0.2) is 0 Å². The smallest absolute Gasteiger partial charge is 0.118 e. The van der Waals surface area contributed by atoms with Crippen molar-refractivity contribution in [1.29, 1.82) is 0 Å². The van der Waals surface area contributed by atoms with Gasteiger partial charge in [-0.05, 0) is 40.4 Å². The van der Waals surface area contributed by atoms with Gasteiger partial charge in [-0.3, -0.25) is 4.98 Å². The average Bonchev–Trinajstić information content (AvgIpc) is 2.60. The Bertz CT molecular complexity index is 892. The van der Waals surface area contributed by atoms with Gasteiger partial charge in [0, 0.05) is 10.7 Å². The molecule has 25 heavy (non-hydrogen) atoms. The molecule has 0 unspecified atom stereocenters. The average molecular weight is 350 g/mol. The predicted molar refractivity (Wildman–Crippen MR) is 111 cm³/mol. The van der Waals surface area contributed by atoms with E-state index in [2.05, 4.69) is 76.3 Å². The zero-order chi connectivity index (χ0) is 18.2. The van der Waals surface area contributed by atoms with Crippen LogP contribution < -0.4 is 10.1 Å². The highest BCUT2D eigenvalue weighted by molar-refractivity contribution is 6.91. The molecule has 1 aromatic heterocycles. The van der Waals surface area contributed by atoms with E-state index in [0.29, 0.717) is 0 Å². The molecule has 0 saturated carbocycles. The predicted octanol–water partition coefficient (Wildman–Crippen LogP) is 5.63. The summed E-state index contributed by atoms with van der Waals surface area (Å²) in [7, 11) is -0.0153. The summed E-state index contributed by atoms with van der Waals surface area (Å²) in [6.07, 6.45) is 0. The largest absolute Gasteiger partial charge is 0.497 e. The Labute approximate surface area is 151 Å². The zero-order valence-electron chi connectivity index (χ0n) is 16.1. The summed E-state index contributed by atoms with van der Waals surface area (Å²) in [5.74, 6) is 0.881. The molecule has 0 spiro atoms. The van der Waals surface area contributed by atoms with Crippen molar-refractivity contribution in [2.75, 3.05) is 7.11 Å². The number of para-hydroxylation sites is 1. The first-order valence-electron chi connectivity index (χ1n) is 8.79. The number of fused-ring (bicyclic) bond motifs is 1. The van der Waals surface area contributed by atoms with Gasteiger partial charge in [0.15, 0.2) is 0 Å². The monoisotopic (exact) mass is 349 g/mol. The normalized spacial score (nSPS) is 12.4. The second kappa shape index (κ2) is 6.30. The molecule has 2 nitrogen and oxygen atoms in total. The molecule has 0 aliphatic rings. The van der Waals surface area contributed by atoms with Crippen molar-refractivity contribution in [3.63, 3.8) is 0 Å². The van der Waals surface area contributed by atoms with E-state index in [9.17, 15) is 0 Å². The molecule has 0 bridgehead atoms. The van der Waals surface area contributed by atoms with Gasteiger partial charge in [0.25, 0.3) is 0 Å². The van der Waals surface area contributed by atoms with Crippen LogP contribution in [0.3, 0.4) is 0 Å². The lowest BCUT2D eigenvalue weighted by Gasteiger charge is -2.36. The third-order valence-corrected chi connectivity index (χ3v) is 10.9. The van der Waals surface area contributed by atoms with Crippen LogP contribution >= 0.6 is 0 Å². The van der Waals surface area contributed by atoms with E-state index in [1.807, 2.05) is 12.1 Å². The fraction of sp³-hybridized carbons (Fsp3) is 0.318. The van der Waals surface area contributed by atoms with Crippen molar-refractivity contribution in [2.45, 2.75) is 38.9 Å². The molecular weight excluding hydrogens is 322 g/mol. The van der Waals surface area contributed by atoms with Crippen molar-refractivity contribution < 1.29 is 4.74 Å². The standard InChI is InChI=1S/C22H27NOSi/c1-22(2,3)25(5,6)21-15-19(16-11-13-17(24-4)14-12-16)18-9-7-8-10-20(18)23-21/h7-15H,1-6H3. The lowest BCUT2D eigenvalue weighted by molar-refractivity contribution is 0.415. The topological polar surface area (TPSA) is 22.1 Å². The number of nitrogens with zero attached hydrogens (tertiary/aromatic N) is 1. The van der Waals surface area contributed by atoms with Crippen molar-refractivity contribution in [3.05, 3.63) is 54.6 Å². The van der Waals surface area contributed by atoms with Crippen LogP contribution in [0.1, 0.15) is 20.8 Å². The van der Waals surface area contributed by atoms with E-state index < -0.39 is 8.07 Å². The minimum atomic E-state index is -1.72. The van der Waals surface area contributed by atoms with E-state index in [1.54, 1.807) is 7.11 Å². The van der Waals surface area contributed by atoms with Crippen LogP contribution in [0.5, 0.6) is 5.75 Å². The molecule has 0 aliphatic carbocycles. The van der Waals surface area contributed by atoms with E-state index >= 15 is 0 Å². The Kier molecular flexibility index (Phi) is 4.46. The molecule has 3 rings (SSSR count). The minimum Gasteiger partial charge on any atom is -0.497 e. The second-order valence-electron chi connectivity index (χ2n) is 8.18. The molecule has 0 radical (unpaired) electrons. The molecule has 0 atom stereocenters. The number of aromatic nitrogens is 1. The second-order valence-corrected chi connectivity index (χ2v) is 13.4. The summed E-state index contributed by atoms with van der Waals surface area (Å²) >= 11 is 0. The molecule has 2 aromatic carbocycles. The van der Waals surface area contributed by atoms with Crippen molar-refractivity contribution >= 4 is 24.3 Å². The molecule has 0 fully saturated rings. The maximum Gasteiger partial charge on any atom is 0.118 e. The fourth-order valence-electron chi connectivity index (χ4n) is 2.89. The summed E-state index contributed by atoms with van der Waals surface area (Å²) < 4.78 is 5.31. The minimum absolute atomic E-state index is 0.250. The van der Waals surface area contributed by atoms with Crippen LogP contribution in [0.2, 0.25) is 18.1 Å². The lowest BCUT2D eigenvalue weighted by Crippen LogP contribution is -2.51. The maximum atomic E-state index is 5.31. The van der Waals surface area contributed by atoms with Gasteiger partial charge in [0.1, 0.15) is 13.8 Å². The Morgan fingerprint density at radius 3 is 2.16 bits per heavy atom. The zero-order valence-corrected chi connectivity index (χ0v) is 17.1. The van der Waals surface area contributed by atoms with Crippen LogP contribution in [-0.4, -0.2) is 20.2 Å². The van der Waals surface area contributed by atoms with E-state index in [4.69, 9.17) is 9.72 Å². The Morgan fingerprint density at radius 2 is 1.56 bits per heavy atom. The molecule has 3 heteroatoms. The van der Waals surface area contributed by atoms with Gasteiger partial charge in [-0.1, -0.05) is 64.2 Å². The number of benzene rings is 2. The van der Waals surface area contributed by atoms with Crippen LogP contribution in [0.15, 0.2) is 54.6 Å². The maximum absolute atomic E-state index is 5.31. The van der Waals surface area contributed by atoms with Crippen molar-refractivity contribution in [2.24, 2.45) is 0 Å². The molecule has 3 aromatic rings. The first-order chi connectivity index (χ1) is 11.7. The van der Waals surface area contributed by atoms with Gasteiger partial charge in [-0.15, -0.1) is 0 Å². The fourth-order valence-corrected chi connectivity index (χ4v) is 4.56.